The Morgan fingerprint density at radius 1 is 1.03 bits per heavy atom. The fraction of sp³-hybridized carbons (Fsp3) is 0.280. The molecular weight excluding hydrogens is 530 g/mol. The van der Waals surface area contributed by atoms with Crippen molar-refractivity contribution in [3.8, 4) is 0 Å². The fourth-order valence-corrected chi connectivity index (χ4v) is 7.13. The van der Waals surface area contributed by atoms with Crippen molar-refractivity contribution in [2.75, 3.05) is 26.2 Å². The van der Waals surface area contributed by atoms with Gasteiger partial charge in [0.2, 0.25) is 20.0 Å². The molecule has 0 radical (unpaired) electrons. The Kier molecular flexibility index (Phi) is 8.13. The van der Waals surface area contributed by atoms with Gasteiger partial charge in [-0.15, -0.1) is 0 Å². The molecule has 38 heavy (non-hydrogen) atoms. The van der Waals surface area contributed by atoms with Crippen LogP contribution in [-0.4, -0.2) is 70.3 Å². The number of aliphatic carboxylic acids is 1. The molecule has 1 atom stereocenters. The van der Waals surface area contributed by atoms with E-state index in [1.165, 1.54) is 34.6 Å². The third-order valence-corrected chi connectivity index (χ3v) is 9.64. The van der Waals surface area contributed by atoms with Gasteiger partial charge in [0.25, 0.3) is 0 Å². The highest BCUT2D eigenvalue weighted by atomic mass is 32.2. The second kappa shape index (κ2) is 11.2. The number of benzene rings is 3. The molecule has 0 aromatic heterocycles. The van der Waals surface area contributed by atoms with Crippen LogP contribution in [0.3, 0.4) is 0 Å². The number of hydrogen-bond donors (Lipinski definition) is 5. The van der Waals surface area contributed by atoms with Gasteiger partial charge in [0.1, 0.15) is 11.9 Å². The van der Waals surface area contributed by atoms with Crippen molar-refractivity contribution in [3.63, 3.8) is 0 Å². The number of sulfonamides is 2. The first-order chi connectivity index (χ1) is 18.0. The summed E-state index contributed by atoms with van der Waals surface area (Å²) in [4.78, 5) is 11.9. The molecular formula is C25H29N5O6S2. The molecule has 1 fully saturated rings. The van der Waals surface area contributed by atoms with Crippen LogP contribution in [-0.2, 0) is 37.0 Å². The summed E-state index contributed by atoms with van der Waals surface area (Å²) in [6, 6.07) is 14.7. The van der Waals surface area contributed by atoms with Gasteiger partial charge in [-0.25, -0.2) is 16.8 Å². The van der Waals surface area contributed by atoms with Gasteiger partial charge in [-0.05, 0) is 46.5 Å². The van der Waals surface area contributed by atoms with E-state index < -0.39 is 32.1 Å². The Bertz CT molecular complexity index is 1580. The number of amidine groups is 1. The molecule has 13 heteroatoms. The molecule has 4 rings (SSSR count). The van der Waals surface area contributed by atoms with E-state index >= 15 is 0 Å². The van der Waals surface area contributed by atoms with Crippen molar-refractivity contribution in [3.05, 3.63) is 77.4 Å². The first kappa shape index (κ1) is 27.7. The van der Waals surface area contributed by atoms with Crippen molar-refractivity contribution in [1.82, 2.24) is 14.3 Å². The van der Waals surface area contributed by atoms with Crippen LogP contribution in [0.4, 0.5) is 0 Å². The van der Waals surface area contributed by atoms with Crippen LogP contribution in [0.25, 0.3) is 10.8 Å². The van der Waals surface area contributed by atoms with Gasteiger partial charge in [-0.2, -0.15) is 9.03 Å². The maximum atomic E-state index is 13.0. The van der Waals surface area contributed by atoms with Crippen LogP contribution in [0.15, 0.2) is 65.6 Å². The molecule has 0 saturated carbocycles. The number of nitrogens with zero attached hydrogens (tertiary/aromatic N) is 1. The molecule has 0 aliphatic carbocycles. The van der Waals surface area contributed by atoms with Crippen molar-refractivity contribution >= 4 is 42.6 Å². The smallest absolute Gasteiger partial charge is 0.322 e. The van der Waals surface area contributed by atoms with Crippen molar-refractivity contribution in [2.45, 2.75) is 23.1 Å². The molecule has 202 valence electrons. The van der Waals surface area contributed by atoms with Gasteiger partial charge in [0, 0.05) is 31.7 Å². The number of hydrogen-bond acceptors (Lipinski definition) is 7. The molecule has 3 aromatic rings. The predicted octanol–water partition coefficient (Wildman–Crippen LogP) is 0.833. The van der Waals surface area contributed by atoms with E-state index in [0.29, 0.717) is 42.7 Å². The van der Waals surface area contributed by atoms with Crippen molar-refractivity contribution in [1.29, 1.82) is 5.41 Å². The average molecular weight is 560 g/mol. The molecule has 0 spiro atoms. The maximum absolute atomic E-state index is 13.0. The maximum Gasteiger partial charge on any atom is 0.322 e. The lowest BCUT2D eigenvalue weighted by Gasteiger charge is -2.27. The highest BCUT2D eigenvalue weighted by Gasteiger charge is 2.28. The SMILES string of the molecule is N=C(N)c1cc(C[C@H](NS(=O)(=O)c2ccc3ccccc3c2)C(=O)O)ccc1CS(=O)(=O)N1CCNCC1. The summed E-state index contributed by atoms with van der Waals surface area (Å²) < 4.78 is 55.4. The number of nitrogen functional groups attached to an aromatic ring is 1. The minimum Gasteiger partial charge on any atom is -0.480 e. The summed E-state index contributed by atoms with van der Waals surface area (Å²) in [5.74, 6) is -2.12. The minimum atomic E-state index is -4.17. The number of fused-ring (bicyclic) bond motifs is 1. The Hall–Kier alpha value is -3.36. The van der Waals surface area contributed by atoms with E-state index in [4.69, 9.17) is 11.1 Å². The number of nitrogens with one attached hydrogen (secondary N) is 3. The Labute approximate surface area is 221 Å². The van der Waals surface area contributed by atoms with Gasteiger partial charge < -0.3 is 16.2 Å². The lowest BCUT2D eigenvalue weighted by Crippen LogP contribution is -2.46. The number of carboxylic acid groups (broad SMARTS) is 1. The summed E-state index contributed by atoms with van der Waals surface area (Å²) in [5, 5.41) is 22.3. The monoisotopic (exact) mass is 559 g/mol. The molecule has 0 amide bonds. The molecule has 3 aromatic carbocycles. The Morgan fingerprint density at radius 2 is 1.71 bits per heavy atom. The topological polar surface area (TPSA) is 183 Å². The highest BCUT2D eigenvalue weighted by molar-refractivity contribution is 7.89. The van der Waals surface area contributed by atoms with E-state index in [1.54, 1.807) is 18.2 Å². The number of carboxylic acids is 1. The fourth-order valence-electron chi connectivity index (χ4n) is 4.34. The summed E-state index contributed by atoms with van der Waals surface area (Å²) >= 11 is 0. The first-order valence-electron chi connectivity index (χ1n) is 11.8. The van der Waals surface area contributed by atoms with Crippen LogP contribution in [0.5, 0.6) is 0 Å². The van der Waals surface area contributed by atoms with Crippen molar-refractivity contribution in [2.24, 2.45) is 5.73 Å². The molecule has 1 aliphatic heterocycles. The van der Waals surface area contributed by atoms with E-state index in [1.807, 2.05) is 12.1 Å². The number of rotatable bonds is 10. The normalized spacial score (nSPS) is 15.8. The van der Waals surface area contributed by atoms with E-state index in [-0.39, 0.29) is 28.5 Å². The second-order valence-corrected chi connectivity index (χ2v) is 12.7. The van der Waals surface area contributed by atoms with E-state index in [9.17, 15) is 26.7 Å². The summed E-state index contributed by atoms with van der Waals surface area (Å²) in [7, 11) is -7.83. The zero-order chi connectivity index (χ0) is 27.5. The lowest BCUT2D eigenvalue weighted by molar-refractivity contribution is -0.138. The van der Waals surface area contributed by atoms with Gasteiger partial charge in [0.05, 0.1) is 10.6 Å². The molecule has 0 bridgehead atoms. The zero-order valence-electron chi connectivity index (χ0n) is 20.4. The highest BCUT2D eigenvalue weighted by Crippen LogP contribution is 2.21. The van der Waals surface area contributed by atoms with Crippen LogP contribution in [0.1, 0.15) is 16.7 Å². The number of piperazine rings is 1. The Morgan fingerprint density at radius 3 is 2.37 bits per heavy atom. The average Bonchev–Trinajstić information content (AvgIpc) is 2.89. The third-order valence-electron chi connectivity index (χ3n) is 6.34. The van der Waals surface area contributed by atoms with Crippen LogP contribution < -0.4 is 15.8 Å². The molecule has 1 aliphatic rings. The van der Waals surface area contributed by atoms with Gasteiger partial charge in [-0.3, -0.25) is 10.2 Å². The second-order valence-electron chi connectivity index (χ2n) is 9.04. The van der Waals surface area contributed by atoms with Crippen molar-refractivity contribution < 1.29 is 26.7 Å². The van der Waals surface area contributed by atoms with E-state index in [0.717, 1.165) is 5.39 Å². The van der Waals surface area contributed by atoms with E-state index in [2.05, 4.69) is 10.0 Å². The third kappa shape index (κ3) is 6.37. The first-order valence-corrected chi connectivity index (χ1v) is 14.9. The summed E-state index contributed by atoms with van der Waals surface area (Å²) in [5.41, 5.74) is 6.58. The van der Waals surface area contributed by atoms with Crippen LogP contribution in [0, 0.1) is 5.41 Å². The van der Waals surface area contributed by atoms with Crippen LogP contribution >= 0.6 is 0 Å². The summed E-state index contributed by atoms with van der Waals surface area (Å²) in [6.07, 6.45) is -0.243. The quantitative estimate of drug-likeness (QED) is 0.179. The molecule has 0 unspecified atom stereocenters. The molecule has 1 heterocycles. The number of nitrogens with two attached hydrogens (primary N) is 1. The number of carbonyl (C=O) groups is 1. The molecule has 1 saturated heterocycles. The van der Waals surface area contributed by atoms with Gasteiger partial charge in [-0.1, -0.05) is 42.5 Å². The van der Waals surface area contributed by atoms with Gasteiger partial charge >= 0.3 is 5.97 Å². The predicted molar refractivity (Wildman–Crippen MR) is 144 cm³/mol. The largest absolute Gasteiger partial charge is 0.480 e. The standard InChI is InChI=1S/C25H29N5O6S2/c26-24(27)22-13-17(5-6-20(22)16-37(33,34)30-11-9-28-10-12-30)14-23(25(31)32)29-38(35,36)21-8-7-18-3-1-2-4-19(18)15-21/h1-8,13,15,23,28-29H,9-12,14,16H2,(H3,26,27)(H,31,32)/t23-/m0/s1. The van der Waals surface area contributed by atoms with Gasteiger partial charge in [0.15, 0.2) is 0 Å². The van der Waals surface area contributed by atoms with Crippen LogP contribution in [0.2, 0.25) is 0 Å². The zero-order valence-corrected chi connectivity index (χ0v) is 22.1. The summed E-state index contributed by atoms with van der Waals surface area (Å²) in [6.45, 7) is 1.77. The molecule has 11 nitrogen and oxygen atoms in total. The lowest BCUT2D eigenvalue weighted by atomic mass is 10.00. The minimum absolute atomic E-state index is 0.0691. The Balaban J connectivity index is 1.56. The molecule has 6 N–H and O–H groups in total.